The number of alkyl halides is 4. The summed E-state index contributed by atoms with van der Waals surface area (Å²) < 4.78 is -0.988. The molecule has 0 radical (unpaired) electrons. The van der Waals surface area contributed by atoms with E-state index in [0.717, 1.165) is 4.57 Å². The number of nitrogens with zero attached hydrogens (tertiary/aromatic N) is 3. The summed E-state index contributed by atoms with van der Waals surface area (Å²) >= 11 is 29.6. The lowest BCUT2D eigenvalue weighted by Gasteiger charge is -2.18. The molecule has 0 N–H and O–H groups in total. The summed E-state index contributed by atoms with van der Waals surface area (Å²) in [5, 5.41) is 0.0235. The molecule has 0 spiro atoms. The van der Waals surface area contributed by atoms with Crippen LogP contribution in [-0.4, -0.2) is 19.2 Å². The van der Waals surface area contributed by atoms with Crippen molar-refractivity contribution < 1.29 is 0 Å². The lowest BCUT2D eigenvalue weighted by Crippen LogP contribution is -2.37. The first-order valence-corrected chi connectivity index (χ1v) is 7.83. The van der Waals surface area contributed by atoms with Crippen LogP contribution < -0.4 is 5.69 Å². The molecule has 0 aliphatic rings. The Labute approximate surface area is 151 Å². The van der Waals surface area contributed by atoms with Crippen molar-refractivity contribution in [3.05, 3.63) is 63.8 Å². The van der Waals surface area contributed by atoms with E-state index in [1.807, 2.05) is 6.07 Å². The van der Waals surface area contributed by atoms with E-state index in [-0.39, 0.29) is 11.0 Å². The highest BCUT2D eigenvalue weighted by atomic mass is 35.6. The molecule has 2 aromatic rings. The quantitative estimate of drug-likeness (QED) is 0.246. The molecule has 0 fully saturated rings. The minimum absolute atomic E-state index is 0.0235. The van der Waals surface area contributed by atoms with Gasteiger partial charge in [-0.15, -0.1) is 0 Å². The molecule has 0 aliphatic carbocycles. The maximum atomic E-state index is 11.9. The largest absolute Gasteiger partial charge is 0.354 e. The third-order valence-corrected chi connectivity index (χ3v) is 3.63. The average Bonchev–Trinajstić information content (AvgIpc) is 2.45. The molecule has 4 nitrogen and oxygen atoms in total. The molecule has 1 aromatic heterocycles. The van der Waals surface area contributed by atoms with E-state index in [0.29, 0.717) is 5.56 Å². The number of halogens is 5. The molecular formula is C13H8Cl5N3O. The molecule has 116 valence electrons. The third kappa shape index (κ3) is 4.37. The van der Waals surface area contributed by atoms with Crippen LogP contribution in [0.1, 0.15) is 11.1 Å². The number of aliphatic imine (C=N–C) groups is 1. The fraction of sp³-hybridized carbons (Fsp3) is 0.154. The Morgan fingerprint density at radius 2 is 1.82 bits per heavy atom. The minimum atomic E-state index is -1.97. The van der Waals surface area contributed by atoms with Crippen molar-refractivity contribution in [3.63, 3.8) is 0 Å². The lowest BCUT2D eigenvalue weighted by molar-refractivity contribution is 0.906. The molecule has 9 heteroatoms. The summed E-state index contributed by atoms with van der Waals surface area (Å²) in [6, 6.07) is 10.3. The Kier molecular flexibility index (Phi) is 5.75. The van der Waals surface area contributed by atoms with Crippen molar-refractivity contribution >= 4 is 63.8 Å². The van der Waals surface area contributed by atoms with Gasteiger partial charge in [0.2, 0.25) is 3.79 Å². The van der Waals surface area contributed by atoms with Crippen molar-refractivity contribution in [2.45, 2.75) is 9.29 Å². The second-order valence-electron chi connectivity index (χ2n) is 4.10. The van der Waals surface area contributed by atoms with Crippen LogP contribution in [0.3, 0.4) is 0 Å². The van der Waals surface area contributed by atoms with Gasteiger partial charge in [0.1, 0.15) is 5.15 Å². The van der Waals surface area contributed by atoms with Crippen LogP contribution in [0.15, 0.2) is 52.4 Å². The fourth-order valence-corrected chi connectivity index (χ4v) is 2.40. The molecule has 0 bridgehead atoms. The first-order chi connectivity index (χ1) is 10.3. The first-order valence-electron chi connectivity index (χ1n) is 5.88. The second-order valence-corrected chi connectivity index (χ2v) is 7.18. The van der Waals surface area contributed by atoms with Crippen LogP contribution in [0, 0.1) is 0 Å². The summed E-state index contributed by atoms with van der Waals surface area (Å²) in [4.78, 5) is 19.6. The zero-order chi connectivity index (χ0) is 16.3. The van der Waals surface area contributed by atoms with Crippen molar-refractivity contribution in [2.24, 2.45) is 4.99 Å². The Hall–Kier alpha value is -0.780. The lowest BCUT2D eigenvalue weighted by atomic mass is 10.2. The Morgan fingerprint density at radius 1 is 1.18 bits per heavy atom. The molecule has 0 saturated carbocycles. The van der Waals surface area contributed by atoms with Crippen molar-refractivity contribution in [1.82, 2.24) is 9.55 Å². The zero-order valence-electron chi connectivity index (χ0n) is 10.8. The minimum Gasteiger partial charge on any atom is -0.251 e. The van der Waals surface area contributed by atoms with Gasteiger partial charge in [-0.25, -0.2) is 9.79 Å². The number of hydrogen-bond acceptors (Lipinski definition) is 3. The Morgan fingerprint density at radius 3 is 2.36 bits per heavy atom. The molecule has 22 heavy (non-hydrogen) atoms. The molecule has 1 atom stereocenters. The molecule has 1 unspecified atom stereocenters. The number of aromatic nitrogens is 2. The van der Waals surface area contributed by atoms with Gasteiger partial charge in [-0.05, 0) is 11.6 Å². The van der Waals surface area contributed by atoms with Crippen LogP contribution in [0.25, 0.3) is 0 Å². The highest BCUT2D eigenvalue weighted by molar-refractivity contribution is 6.76. The van der Waals surface area contributed by atoms with Gasteiger partial charge in [-0.1, -0.05) is 88.3 Å². The van der Waals surface area contributed by atoms with E-state index in [1.54, 1.807) is 24.3 Å². The smallest absolute Gasteiger partial charge is 0.251 e. The first kappa shape index (κ1) is 17.6. The topological polar surface area (TPSA) is 47.2 Å². The fourth-order valence-electron chi connectivity index (χ4n) is 1.61. The van der Waals surface area contributed by atoms with Crippen LogP contribution >= 0.6 is 58.0 Å². The van der Waals surface area contributed by atoms with Gasteiger partial charge in [-0.2, -0.15) is 4.98 Å². The van der Waals surface area contributed by atoms with E-state index in [9.17, 15) is 4.79 Å². The highest BCUT2D eigenvalue weighted by Gasteiger charge is 2.31. The van der Waals surface area contributed by atoms with E-state index in [2.05, 4.69) is 9.98 Å². The SMILES string of the molecule is O=c1nc(Cl)ccn1/C(=N\C(Cl)c1ccccc1)C(Cl)(Cl)Cl. The van der Waals surface area contributed by atoms with E-state index in [1.165, 1.54) is 12.3 Å². The van der Waals surface area contributed by atoms with Crippen molar-refractivity contribution in [3.8, 4) is 0 Å². The van der Waals surface area contributed by atoms with Crippen LogP contribution in [0.4, 0.5) is 0 Å². The summed E-state index contributed by atoms with van der Waals surface area (Å²) in [5.41, 5.74) is -0.880. The molecule has 1 heterocycles. The number of hydrogen-bond donors (Lipinski definition) is 0. The predicted molar refractivity (Wildman–Crippen MR) is 91.7 cm³/mol. The monoisotopic (exact) mass is 397 g/mol. The van der Waals surface area contributed by atoms with E-state index in [4.69, 9.17) is 58.0 Å². The molecular weight excluding hydrogens is 391 g/mol. The van der Waals surface area contributed by atoms with Gasteiger partial charge >= 0.3 is 5.69 Å². The van der Waals surface area contributed by atoms with Crippen molar-refractivity contribution in [2.75, 3.05) is 0 Å². The maximum Gasteiger partial charge on any atom is 0.354 e. The van der Waals surface area contributed by atoms with E-state index < -0.39 is 15.0 Å². The molecule has 0 aliphatic heterocycles. The average molecular weight is 399 g/mol. The number of benzene rings is 1. The summed E-state index contributed by atoms with van der Waals surface area (Å²) in [6.45, 7) is 0. The normalized spacial score (nSPS) is 14.0. The van der Waals surface area contributed by atoms with Crippen LogP contribution in [0.5, 0.6) is 0 Å². The van der Waals surface area contributed by atoms with E-state index >= 15 is 0 Å². The van der Waals surface area contributed by atoms with Gasteiger partial charge in [0, 0.05) is 6.20 Å². The van der Waals surface area contributed by atoms with Crippen molar-refractivity contribution in [1.29, 1.82) is 0 Å². The van der Waals surface area contributed by atoms with Gasteiger partial charge in [0.25, 0.3) is 0 Å². The summed E-state index contributed by atoms with van der Waals surface area (Å²) in [5.74, 6) is -0.171. The number of rotatable bonds is 2. The van der Waals surface area contributed by atoms with Crippen LogP contribution in [-0.2, 0) is 0 Å². The van der Waals surface area contributed by atoms with Gasteiger partial charge in [0.05, 0.1) is 0 Å². The molecule has 1 aromatic carbocycles. The van der Waals surface area contributed by atoms with Gasteiger partial charge in [-0.3, -0.25) is 4.57 Å². The predicted octanol–water partition coefficient (Wildman–Crippen LogP) is 4.45. The Balaban J connectivity index is 2.52. The third-order valence-electron chi connectivity index (χ3n) is 2.56. The van der Waals surface area contributed by atoms with Crippen LogP contribution in [0.2, 0.25) is 5.15 Å². The summed E-state index contributed by atoms with van der Waals surface area (Å²) in [6.07, 6.45) is 1.31. The second kappa shape index (κ2) is 7.20. The maximum absolute atomic E-state index is 11.9. The molecule has 0 amide bonds. The zero-order valence-corrected chi connectivity index (χ0v) is 14.5. The van der Waals surface area contributed by atoms with Gasteiger partial charge in [0.15, 0.2) is 11.3 Å². The standard InChI is InChI=1S/C13H8Cl5N3O/c14-9-6-7-21(12(22)19-9)11(13(16,17)18)20-10(15)8-4-2-1-3-5-8/h1-7,10H/b20-11-. The molecule has 0 saturated heterocycles. The Bertz CT molecular complexity index is 739. The highest BCUT2D eigenvalue weighted by Crippen LogP contribution is 2.31. The summed E-state index contributed by atoms with van der Waals surface area (Å²) in [7, 11) is 0. The van der Waals surface area contributed by atoms with Gasteiger partial charge < -0.3 is 0 Å². The molecule has 2 rings (SSSR count).